The standard InChI is InChI=1S/C21H16Cl2N2O3/c1-28-19-9-8-15(23)11-18(19)21(27)25-17-7-3-6-16(12-17)24-20(26)13-4-2-5-14(22)10-13/h2-12H,1H3,(H,24,26)(H,25,27). The minimum atomic E-state index is -0.377. The van der Waals surface area contributed by atoms with Crippen molar-refractivity contribution in [2.75, 3.05) is 17.7 Å². The van der Waals surface area contributed by atoms with Crippen LogP contribution in [0.15, 0.2) is 66.7 Å². The average Bonchev–Trinajstić information content (AvgIpc) is 2.68. The summed E-state index contributed by atoms with van der Waals surface area (Å²) in [5.41, 5.74) is 1.78. The average molecular weight is 415 g/mol. The highest BCUT2D eigenvalue weighted by atomic mass is 35.5. The number of ether oxygens (including phenoxy) is 1. The first-order valence-corrected chi connectivity index (χ1v) is 9.04. The van der Waals surface area contributed by atoms with Crippen molar-refractivity contribution in [3.05, 3.63) is 87.9 Å². The van der Waals surface area contributed by atoms with Crippen LogP contribution in [0, 0.1) is 0 Å². The lowest BCUT2D eigenvalue weighted by atomic mass is 10.1. The van der Waals surface area contributed by atoms with Crippen LogP contribution in [0.1, 0.15) is 20.7 Å². The molecular weight excluding hydrogens is 399 g/mol. The summed E-state index contributed by atoms with van der Waals surface area (Å²) in [6, 6.07) is 18.2. The summed E-state index contributed by atoms with van der Waals surface area (Å²) in [5, 5.41) is 6.45. The van der Waals surface area contributed by atoms with E-state index in [1.807, 2.05) is 0 Å². The topological polar surface area (TPSA) is 67.4 Å². The number of carbonyl (C=O) groups is 2. The van der Waals surface area contributed by atoms with E-state index in [1.165, 1.54) is 13.2 Å². The van der Waals surface area contributed by atoms with Gasteiger partial charge in [0, 0.05) is 27.0 Å². The summed E-state index contributed by atoms with van der Waals surface area (Å²) in [4.78, 5) is 24.9. The summed E-state index contributed by atoms with van der Waals surface area (Å²) in [7, 11) is 1.48. The Balaban J connectivity index is 1.76. The quantitative estimate of drug-likeness (QED) is 0.578. The van der Waals surface area contributed by atoms with E-state index < -0.39 is 0 Å². The number of rotatable bonds is 5. The molecule has 0 atom stereocenters. The molecule has 142 valence electrons. The van der Waals surface area contributed by atoms with Gasteiger partial charge >= 0.3 is 0 Å². The Hall–Kier alpha value is -3.02. The first-order valence-electron chi connectivity index (χ1n) is 8.28. The smallest absolute Gasteiger partial charge is 0.259 e. The molecule has 0 bridgehead atoms. The van der Waals surface area contributed by atoms with Crippen LogP contribution in [0.25, 0.3) is 0 Å². The van der Waals surface area contributed by atoms with Crippen molar-refractivity contribution in [1.29, 1.82) is 0 Å². The van der Waals surface area contributed by atoms with Crippen LogP contribution in [0.2, 0.25) is 10.0 Å². The molecule has 0 saturated carbocycles. The normalized spacial score (nSPS) is 10.2. The summed E-state index contributed by atoms with van der Waals surface area (Å²) < 4.78 is 5.21. The number of amides is 2. The summed E-state index contributed by atoms with van der Waals surface area (Å²) in [6.45, 7) is 0. The van der Waals surface area contributed by atoms with Gasteiger partial charge in [0.2, 0.25) is 0 Å². The van der Waals surface area contributed by atoms with Crippen molar-refractivity contribution in [2.24, 2.45) is 0 Å². The fourth-order valence-corrected chi connectivity index (χ4v) is 2.93. The molecular formula is C21H16Cl2N2O3. The van der Waals surface area contributed by atoms with E-state index in [1.54, 1.807) is 60.7 Å². The van der Waals surface area contributed by atoms with Gasteiger partial charge < -0.3 is 15.4 Å². The number of carbonyl (C=O) groups excluding carboxylic acids is 2. The molecule has 0 heterocycles. The molecule has 2 N–H and O–H groups in total. The van der Waals surface area contributed by atoms with Gasteiger partial charge in [-0.15, -0.1) is 0 Å². The van der Waals surface area contributed by atoms with Crippen LogP contribution in [-0.2, 0) is 0 Å². The minimum absolute atomic E-state index is 0.303. The molecule has 5 nitrogen and oxygen atoms in total. The van der Waals surface area contributed by atoms with Crippen LogP contribution in [0.5, 0.6) is 5.75 Å². The van der Waals surface area contributed by atoms with Crippen LogP contribution < -0.4 is 15.4 Å². The summed E-state index contributed by atoms with van der Waals surface area (Å²) in [5.74, 6) is -0.271. The molecule has 0 fully saturated rings. The number of benzene rings is 3. The molecule has 0 aliphatic carbocycles. The van der Waals surface area contributed by atoms with Gasteiger partial charge in [-0.3, -0.25) is 9.59 Å². The molecule has 0 aromatic heterocycles. The Kier molecular flexibility index (Phi) is 6.19. The van der Waals surface area contributed by atoms with E-state index in [-0.39, 0.29) is 11.8 Å². The Morgan fingerprint density at radius 3 is 2.11 bits per heavy atom. The highest BCUT2D eigenvalue weighted by Gasteiger charge is 2.14. The third kappa shape index (κ3) is 4.82. The molecule has 0 saturated heterocycles. The Morgan fingerprint density at radius 2 is 1.43 bits per heavy atom. The molecule has 3 rings (SSSR count). The lowest BCUT2D eigenvalue weighted by molar-refractivity contribution is 0.101. The highest BCUT2D eigenvalue weighted by Crippen LogP contribution is 2.24. The van der Waals surface area contributed by atoms with E-state index in [4.69, 9.17) is 27.9 Å². The number of nitrogens with one attached hydrogen (secondary N) is 2. The van der Waals surface area contributed by atoms with Gasteiger partial charge in [0.05, 0.1) is 12.7 Å². The van der Waals surface area contributed by atoms with Crippen LogP contribution in [0.4, 0.5) is 11.4 Å². The van der Waals surface area contributed by atoms with E-state index in [0.717, 1.165) is 0 Å². The van der Waals surface area contributed by atoms with E-state index in [0.29, 0.717) is 38.3 Å². The molecule has 3 aromatic rings. The fourth-order valence-electron chi connectivity index (χ4n) is 2.56. The maximum Gasteiger partial charge on any atom is 0.259 e. The van der Waals surface area contributed by atoms with Gasteiger partial charge in [-0.2, -0.15) is 0 Å². The maximum atomic E-state index is 12.6. The maximum absolute atomic E-state index is 12.6. The van der Waals surface area contributed by atoms with Crippen molar-refractivity contribution in [3.8, 4) is 5.75 Å². The Labute approximate surface area is 172 Å². The van der Waals surface area contributed by atoms with Crippen molar-refractivity contribution in [2.45, 2.75) is 0 Å². The van der Waals surface area contributed by atoms with Gasteiger partial charge in [-0.05, 0) is 54.6 Å². The monoisotopic (exact) mass is 414 g/mol. The fraction of sp³-hybridized carbons (Fsp3) is 0.0476. The lowest BCUT2D eigenvalue weighted by Gasteiger charge is -2.11. The lowest BCUT2D eigenvalue weighted by Crippen LogP contribution is -2.14. The zero-order valence-corrected chi connectivity index (χ0v) is 16.3. The number of hydrogen-bond donors (Lipinski definition) is 2. The van der Waals surface area contributed by atoms with Gasteiger partial charge in [-0.25, -0.2) is 0 Å². The number of halogens is 2. The van der Waals surface area contributed by atoms with Gasteiger partial charge in [0.1, 0.15) is 5.75 Å². The number of methoxy groups -OCH3 is 1. The molecule has 0 spiro atoms. The molecule has 0 radical (unpaired) electrons. The first-order chi connectivity index (χ1) is 13.5. The van der Waals surface area contributed by atoms with Crippen LogP contribution >= 0.6 is 23.2 Å². The molecule has 7 heteroatoms. The molecule has 3 aromatic carbocycles. The van der Waals surface area contributed by atoms with Crippen molar-refractivity contribution < 1.29 is 14.3 Å². The highest BCUT2D eigenvalue weighted by molar-refractivity contribution is 6.31. The molecule has 2 amide bonds. The van der Waals surface area contributed by atoms with Gasteiger partial charge in [0.25, 0.3) is 11.8 Å². The Morgan fingerprint density at radius 1 is 0.786 bits per heavy atom. The van der Waals surface area contributed by atoms with Gasteiger partial charge in [-0.1, -0.05) is 35.3 Å². The molecule has 0 aliphatic rings. The summed E-state index contributed by atoms with van der Waals surface area (Å²) >= 11 is 11.9. The number of hydrogen-bond acceptors (Lipinski definition) is 3. The molecule has 0 aliphatic heterocycles. The zero-order valence-electron chi connectivity index (χ0n) is 14.8. The van der Waals surface area contributed by atoms with E-state index >= 15 is 0 Å². The van der Waals surface area contributed by atoms with Crippen molar-refractivity contribution in [1.82, 2.24) is 0 Å². The van der Waals surface area contributed by atoms with Crippen LogP contribution in [-0.4, -0.2) is 18.9 Å². The van der Waals surface area contributed by atoms with E-state index in [9.17, 15) is 9.59 Å². The van der Waals surface area contributed by atoms with Crippen molar-refractivity contribution in [3.63, 3.8) is 0 Å². The Bertz CT molecular complexity index is 1040. The SMILES string of the molecule is COc1ccc(Cl)cc1C(=O)Nc1cccc(NC(=O)c2cccc(Cl)c2)c1. The predicted molar refractivity (Wildman–Crippen MR) is 112 cm³/mol. The third-order valence-corrected chi connectivity index (χ3v) is 4.34. The second-order valence-corrected chi connectivity index (χ2v) is 6.72. The molecule has 28 heavy (non-hydrogen) atoms. The van der Waals surface area contributed by atoms with E-state index in [2.05, 4.69) is 10.6 Å². The second-order valence-electron chi connectivity index (χ2n) is 5.84. The third-order valence-electron chi connectivity index (χ3n) is 3.87. The van der Waals surface area contributed by atoms with Gasteiger partial charge in [0.15, 0.2) is 0 Å². The predicted octanol–water partition coefficient (Wildman–Crippen LogP) is 5.51. The summed E-state index contributed by atoms with van der Waals surface area (Å²) in [6.07, 6.45) is 0. The zero-order chi connectivity index (χ0) is 20.1. The number of anilines is 2. The largest absolute Gasteiger partial charge is 0.496 e. The van der Waals surface area contributed by atoms with Crippen molar-refractivity contribution >= 4 is 46.4 Å². The first kappa shape index (κ1) is 19.7. The second kappa shape index (κ2) is 8.78. The minimum Gasteiger partial charge on any atom is -0.496 e. The van der Waals surface area contributed by atoms with Crippen LogP contribution in [0.3, 0.4) is 0 Å². The molecule has 0 unspecified atom stereocenters.